The van der Waals surface area contributed by atoms with Crippen LogP contribution in [-0.2, 0) is 0 Å². The summed E-state index contributed by atoms with van der Waals surface area (Å²) >= 11 is 0. The van der Waals surface area contributed by atoms with E-state index in [2.05, 4.69) is 385 Å². The second-order valence-electron chi connectivity index (χ2n) is 24.4. The molecule has 0 aliphatic carbocycles. The van der Waals surface area contributed by atoms with E-state index in [1.54, 1.807) is 0 Å². The first-order valence-corrected chi connectivity index (χ1v) is 36.3. The molecule has 0 saturated carbocycles. The van der Waals surface area contributed by atoms with Crippen molar-refractivity contribution < 1.29 is 0 Å². The molecule has 0 fully saturated rings. The van der Waals surface area contributed by atoms with Crippen molar-refractivity contribution >= 4 is 101 Å². The molecule has 0 aliphatic rings. The maximum absolute atomic E-state index is 6.03. The molecule has 0 spiro atoms. The predicted octanol–water partition coefficient (Wildman–Crippen LogP) is 16.1. The van der Waals surface area contributed by atoms with Gasteiger partial charge in [-0.2, -0.15) is 0 Å². The highest BCUT2D eigenvalue weighted by Crippen LogP contribution is 2.36. The Morgan fingerprint density at radius 2 is 0.426 bits per heavy atom. The van der Waals surface area contributed by atoms with Crippen LogP contribution >= 0.6 is 0 Å². The van der Waals surface area contributed by atoms with Gasteiger partial charge in [-0.15, -0.1) is 0 Å². The van der Waals surface area contributed by atoms with Gasteiger partial charge in [0.05, 0.1) is 22.1 Å². The highest BCUT2D eigenvalue weighted by molar-refractivity contribution is 7.22. The first kappa shape index (κ1) is 56.2. The van der Waals surface area contributed by atoms with Gasteiger partial charge in [0.2, 0.25) is 0 Å². The van der Waals surface area contributed by atoms with Crippen molar-refractivity contribution in [3.8, 4) is 56.4 Å². The van der Waals surface area contributed by atoms with E-state index in [0.717, 1.165) is 71.9 Å². The normalized spacial score (nSPS) is 11.8. The van der Waals surface area contributed by atoms with E-state index in [1.165, 1.54) is 63.7 Å². The highest BCUT2D eigenvalue weighted by atomic mass is 28.3. The van der Waals surface area contributed by atoms with Gasteiger partial charge in [0.25, 0.3) is 0 Å². The van der Waals surface area contributed by atoms with E-state index in [0.29, 0.717) is 5.82 Å². The summed E-state index contributed by atoms with van der Waals surface area (Å²) in [5.41, 5.74) is 12.2. The quantitative estimate of drug-likeness (QED) is 0.0803. The molecule has 0 saturated heterocycles. The van der Waals surface area contributed by atoms with E-state index >= 15 is 0 Å². The van der Waals surface area contributed by atoms with Crippen LogP contribution in [-0.4, -0.2) is 35.2 Å². The minimum atomic E-state index is -3.59. The van der Waals surface area contributed by atoms with Gasteiger partial charge >= 0.3 is 0 Å². The van der Waals surface area contributed by atoms with Crippen LogP contribution < -0.4 is 41.5 Å². The number of fused-ring (bicyclic) bond motifs is 6. The van der Waals surface area contributed by atoms with Crippen LogP contribution in [0.25, 0.3) is 100 Å². The zero-order valence-corrected chi connectivity index (χ0v) is 53.6. The van der Waals surface area contributed by atoms with Gasteiger partial charge in [0.15, 0.2) is 22.0 Å². The van der Waals surface area contributed by atoms with Crippen molar-refractivity contribution in [2.24, 2.45) is 0 Å². The minimum absolute atomic E-state index is 0.619. The number of benzene rings is 14. The Morgan fingerprint density at radius 1 is 0.181 bits per heavy atom. The zero-order valence-electron chi connectivity index (χ0n) is 51.6. The third kappa shape index (κ3) is 9.49. The van der Waals surface area contributed by atoms with Crippen LogP contribution in [0, 0.1) is 0 Å². The lowest BCUT2D eigenvalue weighted by Crippen LogP contribution is -2.78. The molecule has 17 rings (SSSR count). The molecule has 0 aliphatic heterocycles. The summed E-state index contributed by atoms with van der Waals surface area (Å²) in [5, 5.41) is 14.7. The van der Waals surface area contributed by atoms with Crippen molar-refractivity contribution in [1.29, 1.82) is 0 Å². The molecule has 0 unspecified atom stereocenters. The standard InChI is InChI=1S/C88H62N4Si2/c1-7-30-63(31-8-1)66-36-27-45-73(56-66)93(70-39-13-4-14-40-70,71-41-15-5-16-42-71)76-59-69(88-89-86(91-82-52-23-19-48-78(82)79-49-20-24-53-83(79)91)62-87(90-88)92-84-54-25-21-50-80(84)81-51-22-26-55-85(81)92)60-77(61-76)94(72-43-17-6-18-44-72,74-46-28-37-67(57-74)64-32-9-2-10-33-64)75-47-29-38-68(58-75)65-34-11-3-12-35-65/h1-62H. The first-order valence-electron chi connectivity index (χ1n) is 32.3. The second kappa shape index (κ2) is 23.8. The molecule has 0 bridgehead atoms. The lowest BCUT2D eigenvalue weighted by molar-refractivity contribution is 0.994. The average molecular weight is 1230 g/mol. The summed E-state index contributed by atoms with van der Waals surface area (Å²) in [7, 11) is -7.08. The molecular weight excluding hydrogens is 1170 g/mol. The Kier molecular flexibility index (Phi) is 14.2. The summed E-state index contributed by atoms with van der Waals surface area (Å²) in [6, 6.07) is 140. The maximum Gasteiger partial charge on any atom is 0.179 e. The van der Waals surface area contributed by atoms with E-state index < -0.39 is 16.1 Å². The molecule has 94 heavy (non-hydrogen) atoms. The summed E-state index contributed by atoms with van der Waals surface area (Å²) in [5.74, 6) is 2.16. The summed E-state index contributed by atoms with van der Waals surface area (Å²) < 4.78 is 4.71. The molecule has 0 atom stereocenters. The molecule has 14 aromatic carbocycles. The SMILES string of the molecule is c1ccc(-c2cccc([Si](c3ccccc3)(c3ccccc3)c3cc(-c4nc(-n5c6ccccc6c6ccccc65)cc(-n5c6ccccc6c6ccccc65)n4)cc([Si](c4ccccc4)(c4cccc(-c5ccccc5)c4)c4cccc(-c5ccccc5)c4)c3)c2)cc1. The number of hydrogen-bond acceptors (Lipinski definition) is 2. The van der Waals surface area contributed by atoms with Crippen LogP contribution in [0.2, 0.25) is 0 Å². The predicted molar refractivity (Wildman–Crippen MR) is 400 cm³/mol. The molecule has 3 heterocycles. The van der Waals surface area contributed by atoms with E-state index in [9.17, 15) is 0 Å². The lowest BCUT2D eigenvalue weighted by Gasteiger charge is -2.39. The Labute approximate surface area is 549 Å². The molecule has 4 nitrogen and oxygen atoms in total. The Bertz CT molecular complexity index is 5250. The van der Waals surface area contributed by atoms with Gasteiger partial charge in [-0.1, -0.05) is 346 Å². The molecule has 3 aromatic heterocycles. The molecule has 0 N–H and O–H groups in total. The van der Waals surface area contributed by atoms with Gasteiger partial charge in [0.1, 0.15) is 11.6 Å². The van der Waals surface area contributed by atoms with Gasteiger partial charge in [0, 0.05) is 33.2 Å². The van der Waals surface area contributed by atoms with E-state index in [4.69, 9.17) is 9.97 Å². The number of para-hydroxylation sites is 4. The average Bonchev–Trinajstić information content (AvgIpc) is 0.936. The topological polar surface area (TPSA) is 35.6 Å². The van der Waals surface area contributed by atoms with Crippen molar-refractivity contribution in [2.45, 2.75) is 0 Å². The lowest BCUT2D eigenvalue weighted by atomic mass is 10.1. The number of aromatic nitrogens is 4. The molecule has 0 amide bonds. The largest absolute Gasteiger partial charge is 0.294 e. The fourth-order valence-corrected chi connectivity index (χ4v) is 24.9. The molecule has 0 radical (unpaired) electrons. The van der Waals surface area contributed by atoms with Gasteiger partial charge < -0.3 is 0 Å². The van der Waals surface area contributed by atoms with Crippen molar-refractivity contribution in [1.82, 2.24) is 19.1 Å². The third-order valence-electron chi connectivity index (χ3n) is 19.2. The smallest absolute Gasteiger partial charge is 0.179 e. The minimum Gasteiger partial charge on any atom is -0.294 e. The molecular formula is C88H62N4Si2. The summed E-state index contributed by atoms with van der Waals surface area (Å²) in [4.78, 5) is 12.1. The van der Waals surface area contributed by atoms with Crippen LogP contribution in [0.1, 0.15) is 0 Å². The number of hydrogen-bond donors (Lipinski definition) is 0. The maximum atomic E-state index is 6.03. The van der Waals surface area contributed by atoms with Crippen molar-refractivity contribution in [2.75, 3.05) is 0 Å². The van der Waals surface area contributed by atoms with Crippen molar-refractivity contribution in [3.63, 3.8) is 0 Å². The Hall–Kier alpha value is -11.8. The fraction of sp³-hybridized carbons (Fsp3) is 0. The Balaban J connectivity index is 1.07. The molecule has 442 valence electrons. The van der Waals surface area contributed by atoms with Crippen molar-refractivity contribution in [3.05, 3.63) is 376 Å². The monoisotopic (exact) mass is 1230 g/mol. The third-order valence-corrected chi connectivity index (χ3v) is 28.6. The number of nitrogens with zero attached hydrogens (tertiary/aromatic N) is 4. The van der Waals surface area contributed by atoms with Crippen LogP contribution in [0.15, 0.2) is 376 Å². The highest BCUT2D eigenvalue weighted by Gasteiger charge is 2.47. The van der Waals surface area contributed by atoms with Gasteiger partial charge in [-0.3, -0.25) is 9.13 Å². The van der Waals surface area contributed by atoms with Gasteiger partial charge in [-0.25, -0.2) is 9.97 Å². The number of rotatable bonds is 14. The summed E-state index contributed by atoms with van der Waals surface area (Å²) in [6.45, 7) is 0. The van der Waals surface area contributed by atoms with Gasteiger partial charge in [-0.05, 0) is 99.1 Å². The van der Waals surface area contributed by atoms with E-state index in [1.807, 2.05) is 0 Å². The molecule has 17 aromatic rings. The van der Waals surface area contributed by atoms with Crippen LogP contribution in [0.4, 0.5) is 0 Å². The summed E-state index contributed by atoms with van der Waals surface area (Å²) in [6.07, 6.45) is 0. The fourth-order valence-electron chi connectivity index (χ4n) is 15.1. The van der Waals surface area contributed by atoms with Crippen LogP contribution in [0.5, 0.6) is 0 Å². The van der Waals surface area contributed by atoms with E-state index in [-0.39, 0.29) is 0 Å². The zero-order chi connectivity index (χ0) is 62.4. The second-order valence-corrected chi connectivity index (χ2v) is 32.0. The Morgan fingerprint density at radius 3 is 0.745 bits per heavy atom. The molecule has 6 heteroatoms. The van der Waals surface area contributed by atoms with Crippen LogP contribution in [0.3, 0.4) is 0 Å². The first-order chi connectivity index (χ1) is 46.6.